The van der Waals surface area contributed by atoms with Crippen molar-refractivity contribution in [2.75, 3.05) is 0 Å². The van der Waals surface area contributed by atoms with Gasteiger partial charge < -0.3 is 10.1 Å². The van der Waals surface area contributed by atoms with E-state index < -0.39 is 29.3 Å². The van der Waals surface area contributed by atoms with Gasteiger partial charge in [-0.2, -0.15) is 13.2 Å². The maximum absolute atomic E-state index is 11.9. The van der Waals surface area contributed by atoms with Gasteiger partial charge >= 0.3 is 6.18 Å². The number of hydrogen-bond donors (Lipinski definition) is 2. The zero-order valence-electron chi connectivity index (χ0n) is 7.27. The van der Waals surface area contributed by atoms with Gasteiger partial charge in [0.1, 0.15) is 0 Å². The summed E-state index contributed by atoms with van der Waals surface area (Å²) in [5.41, 5.74) is -1.31. The largest absolute Gasteiger partial charge is 0.503 e. The van der Waals surface area contributed by atoms with Crippen LogP contribution in [0.15, 0.2) is 11.0 Å². The number of aryl methyl sites for hydroxylation is 1. The van der Waals surface area contributed by atoms with E-state index in [0.717, 1.165) is 6.20 Å². The van der Waals surface area contributed by atoms with Gasteiger partial charge in [0.2, 0.25) is 5.43 Å². The fourth-order valence-corrected chi connectivity index (χ4v) is 0.999. The molecule has 1 aromatic rings. The molecule has 0 unspecified atom stereocenters. The zero-order chi connectivity index (χ0) is 10.9. The van der Waals surface area contributed by atoms with Crippen molar-refractivity contribution in [1.82, 2.24) is 4.98 Å². The lowest BCUT2D eigenvalue weighted by Crippen LogP contribution is -2.19. The molecule has 0 aliphatic heterocycles. The van der Waals surface area contributed by atoms with Gasteiger partial charge in [-0.15, -0.1) is 0 Å². The van der Waals surface area contributed by atoms with Crippen molar-refractivity contribution in [2.24, 2.45) is 0 Å². The Kier molecular flexibility index (Phi) is 2.55. The molecule has 3 nitrogen and oxygen atoms in total. The van der Waals surface area contributed by atoms with Gasteiger partial charge in [-0.25, -0.2) is 0 Å². The smallest absolute Gasteiger partial charge is 0.393 e. The van der Waals surface area contributed by atoms with Gasteiger partial charge in [0.05, 0.1) is 12.1 Å². The lowest BCUT2D eigenvalue weighted by molar-refractivity contribution is -0.127. The molecular formula is C8H8F3NO2. The van der Waals surface area contributed by atoms with Gasteiger partial charge in [0.25, 0.3) is 0 Å². The Bertz CT molecular complexity index is 395. The number of aromatic nitrogens is 1. The van der Waals surface area contributed by atoms with Crippen LogP contribution in [0.5, 0.6) is 5.75 Å². The molecule has 0 atom stereocenters. The molecule has 1 rings (SSSR count). The Labute approximate surface area is 77.2 Å². The fraction of sp³-hybridized carbons (Fsp3) is 0.375. The third-order valence-corrected chi connectivity index (χ3v) is 1.72. The van der Waals surface area contributed by atoms with Gasteiger partial charge in [-0.05, 0) is 6.92 Å². The van der Waals surface area contributed by atoms with E-state index in [-0.39, 0.29) is 5.69 Å². The van der Waals surface area contributed by atoms with Gasteiger partial charge in [0, 0.05) is 11.8 Å². The van der Waals surface area contributed by atoms with Crippen molar-refractivity contribution in [1.29, 1.82) is 0 Å². The summed E-state index contributed by atoms with van der Waals surface area (Å²) < 4.78 is 35.8. The molecule has 0 saturated carbocycles. The molecule has 1 heterocycles. The number of pyridine rings is 1. The molecule has 0 aliphatic carbocycles. The summed E-state index contributed by atoms with van der Waals surface area (Å²) in [4.78, 5) is 13.5. The minimum Gasteiger partial charge on any atom is -0.503 e. The number of hydrogen-bond acceptors (Lipinski definition) is 2. The molecule has 0 saturated heterocycles. The van der Waals surface area contributed by atoms with Crippen LogP contribution >= 0.6 is 0 Å². The van der Waals surface area contributed by atoms with E-state index in [1.807, 2.05) is 0 Å². The first-order chi connectivity index (χ1) is 6.31. The lowest BCUT2D eigenvalue weighted by atomic mass is 10.1. The first-order valence-electron chi connectivity index (χ1n) is 3.78. The first-order valence-corrected chi connectivity index (χ1v) is 3.78. The lowest BCUT2D eigenvalue weighted by Gasteiger charge is -2.06. The minimum atomic E-state index is -4.45. The predicted molar refractivity (Wildman–Crippen MR) is 43.2 cm³/mol. The second kappa shape index (κ2) is 3.36. The topological polar surface area (TPSA) is 53.1 Å². The van der Waals surface area contributed by atoms with E-state index in [1.54, 1.807) is 0 Å². The van der Waals surface area contributed by atoms with E-state index in [1.165, 1.54) is 6.92 Å². The van der Waals surface area contributed by atoms with Crippen molar-refractivity contribution >= 4 is 0 Å². The molecule has 2 N–H and O–H groups in total. The Hall–Kier alpha value is -1.46. The van der Waals surface area contributed by atoms with Crippen LogP contribution in [0, 0.1) is 6.92 Å². The Balaban J connectivity index is 3.13. The highest BCUT2D eigenvalue weighted by atomic mass is 19.4. The highest BCUT2D eigenvalue weighted by Crippen LogP contribution is 2.20. The molecule has 0 amide bonds. The molecule has 0 radical (unpaired) electrons. The summed E-state index contributed by atoms with van der Waals surface area (Å²) in [6.07, 6.45) is -4.82. The summed E-state index contributed by atoms with van der Waals surface area (Å²) in [6, 6.07) is 0. The molecule has 14 heavy (non-hydrogen) atoms. The third kappa shape index (κ3) is 2.27. The second-order valence-electron chi connectivity index (χ2n) is 2.91. The van der Waals surface area contributed by atoms with Gasteiger partial charge in [-0.3, -0.25) is 4.79 Å². The molecule has 0 aliphatic rings. The Morgan fingerprint density at radius 1 is 1.50 bits per heavy atom. The molecule has 0 bridgehead atoms. The van der Waals surface area contributed by atoms with E-state index in [4.69, 9.17) is 5.11 Å². The molecular weight excluding hydrogens is 199 g/mol. The molecule has 6 heteroatoms. The van der Waals surface area contributed by atoms with Crippen LogP contribution in [0.3, 0.4) is 0 Å². The summed E-state index contributed by atoms with van der Waals surface area (Å²) in [5, 5.41) is 9.07. The normalized spacial score (nSPS) is 11.7. The van der Waals surface area contributed by atoms with Crippen LogP contribution < -0.4 is 5.43 Å². The number of halogens is 3. The monoisotopic (exact) mass is 207 g/mol. The number of alkyl halides is 3. The van der Waals surface area contributed by atoms with Crippen LogP contribution in [0.2, 0.25) is 0 Å². The van der Waals surface area contributed by atoms with Crippen molar-refractivity contribution in [2.45, 2.75) is 19.5 Å². The van der Waals surface area contributed by atoms with Crippen LogP contribution in [-0.2, 0) is 6.42 Å². The summed E-state index contributed by atoms with van der Waals surface area (Å²) in [7, 11) is 0. The second-order valence-corrected chi connectivity index (χ2v) is 2.91. The van der Waals surface area contributed by atoms with E-state index in [0.29, 0.717) is 0 Å². The van der Waals surface area contributed by atoms with Crippen LogP contribution in [0.25, 0.3) is 0 Å². The predicted octanol–water partition coefficient (Wildman–Crippen LogP) is 1.49. The van der Waals surface area contributed by atoms with Gasteiger partial charge in [0.15, 0.2) is 5.75 Å². The maximum atomic E-state index is 11.9. The standard InChI is InChI=1S/C8H8F3NO2/c1-4-6(13)7(14)5(3-12-4)2-8(9,10)11/h3,13H,2H2,1H3,(H,12,14). The average molecular weight is 207 g/mol. The Morgan fingerprint density at radius 2 is 2.07 bits per heavy atom. The van der Waals surface area contributed by atoms with E-state index >= 15 is 0 Å². The molecule has 1 aromatic heterocycles. The number of H-pyrrole nitrogens is 1. The number of nitrogens with one attached hydrogen (secondary N) is 1. The number of aromatic hydroxyl groups is 1. The zero-order valence-corrected chi connectivity index (χ0v) is 7.27. The molecule has 0 fully saturated rings. The average Bonchev–Trinajstić information content (AvgIpc) is 2.04. The van der Waals surface area contributed by atoms with Crippen molar-refractivity contribution in [3.05, 3.63) is 27.7 Å². The van der Waals surface area contributed by atoms with E-state index in [2.05, 4.69) is 4.98 Å². The van der Waals surface area contributed by atoms with Crippen LogP contribution in [0.4, 0.5) is 13.2 Å². The molecule has 78 valence electrons. The number of rotatable bonds is 1. The first kappa shape index (κ1) is 10.6. The quantitative estimate of drug-likeness (QED) is 0.733. The molecule has 0 spiro atoms. The highest BCUT2D eigenvalue weighted by Gasteiger charge is 2.29. The highest BCUT2D eigenvalue weighted by molar-refractivity contribution is 5.29. The number of aromatic amines is 1. The van der Waals surface area contributed by atoms with Crippen molar-refractivity contribution in [3.63, 3.8) is 0 Å². The summed E-state index contributed by atoms with van der Waals surface area (Å²) >= 11 is 0. The van der Waals surface area contributed by atoms with Crippen molar-refractivity contribution in [3.8, 4) is 5.75 Å². The summed E-state index contributed by atoms with van der Waals surface area (Å²) in [5.74, 6) is -0.660. The minimum absolute atomic E-state index is 0.154. The van der Waals surface area contributed by atoms with Crippen LogP contribution in [-0.4, -0.2) is 16.3 Å². The van der Waals surface area contributed by atoms with Crippen molar-refractivity contribution < 1.29 is 18.3 Å². The Morgan fingerprint density at radius 3 is 2.57 bits per heavy atom. The molecule has 0 aromatic carbocycles. The fourth-order valence-electron chi connectivity index (χ4n) is 0.999. The SMILES string of the molecule is Cc1[nH]cc(CC(F)(F)F)c(=O)c1O. The van der Waals surface area contributed by atoms with E-state index in [9.17, 15) is 18.0 Å². The third-order valence-electron chi connectivity index (χ3n) is 1.72. The van der Waals surface area contributed by atoms with Crippen LogP contribution in [0.1, 0.15) is 11.3 Å². The maximum Gasteiger partial charge on any atom is 0.393 e. The van der Waals surface area contributed by atoms with Gasteiger partial charge in [-0.1, -0.05) is 0 Å². The summed E-state index contributed by atoms with van der Waals surface area (Å²) in [6.45, 7) is 1.40.